The lowest BCUT2D eigenvalue weighted by atomic mass is 9.97. The molecule has 25 heavy (non-hydrogen) atoms. The zero-order valence-corrected chi connectivity index (χ0v) is 15.4. The molecule has 0 spiro atoms. The second-order valence-electron chi connectivity index (χ2n) is 6.37. The number of piperidine rings is 1. The highest BCUT2D eigenvalue weighted by molar-refractivity contribution is 5.80. The van der Waals surface area contributed by atoms with Crippen molar-refractivity contribution < 1.29 is 13.9 Å². The molecule has 1 saturated heterocycles. The zero-order valence-electron chi connectivity index (χ0n) is 15.4. The summed E-state index contributed by atoms with van der Waals surface area (Å²) in [6.45, 7) is 1.98. The first-order valence-corrected chi connectivity index (χ1v) is 8.45. The normalized spacial score (nSPS) is 15.9. The molecular formula is C18H27FN4O2. The monoisotopic (exact) mass is 350 g/mol. The van der Waals surface area contributed by atoms with Gasteiger partial charge in [-0.15, -0.1) is 0 Å². The van der Waals surface area contributed by atoms with Crippen molar-refractivity contribution in [3.05, 3.63) is 29.6 Å². The molecule has 1 aromatic carbocycles. The van der Waals surface area contributed by atoms with Crippen LogP contribution >= 0.6 is 0 Å². The fraction of sp³-hybridized carbons (Fsp3) is 0.556. The van der Waals surface area contributed by atoms with Crippen LogP contribution in [0.25, 0.3) is 0 Å². The van der Waals surface area contributed by atoms with E-state index in [9.17, 15) is 9.18 Å². The number of hydrogen-bond acceptors (Lipinski definition) is 4. The van der Waals surface area contributed by atoms with Gasteiger partial charge in [-0.25, -0.2) is 4.39 Å². The largest absolute Gasteiger partial charge is 0.469 e. The minimum Gasteiger partial charge on any atom is -0.469 e. The number of hydrogen-bond donors (Lipinski definition) is 1. The van der Waals surface area contributed by atoms with Crippen LogP contribution in [0.3, 0.4) is 0 Å². The maximum atomic E-state index is 14.1. The summed E-state index contributed by atoms with van der Waals surface area (Å²) < 4.78 is 18.9. The van der Waals surface area contributed by atoms with Gasteiger partial charge in [0, 0.05) is 40.8 Å². The lowest BCUT2D eigenvalue weighted by Crippen LogP contribution is -2.46. The van der Waals surface area contributed by atoms with Crippen LogP contribution in [0.2, 0.25) is 0 Å². The Morgan fingerprint density at radius 1 is 1.40 bits per heavy atom. The Morgan fingerprint density at radius 3 is 2.60 bits per heavy atom. The molecule has 1 aromatic rings. The topological polar surface area (TPSA) is 57.2 Å². The molecule has 0 saturated carbocycles. The number of nitrogens with one attached hydrogen (secondary N) is 1. The van der Waals surface area contributed by atoms with Crippen LogP contribution in [0, 0.1) is 11.7 Å². The van der Waals surface area contributed by atoms with Crippen molar-refractivity contribution in [2.75, 3.05) is 46.2 Å². The number of benzene rings is 1. The number of rotatable bonds is 4. The Hall–Kier alpha value is -2.31. The van der Waals surface area contributed by atoms with Gasteiger partial charge in [-0.3, -0.25) is 9.79 Å². The highest BCUT2D eigenvalue weighted by atomic mass is 19.1. The number of anilines is 1. The second kappa shape index (κ2) is 8.69. The summed E-state index contributed by atoms with van der Waals surface area (Å²) in [5.74, 6) is 0.352. The highest BCUT2D eigenvalue weighted by Crippen LogP contribution is 2.20. The van der Waals surface area contributed by atoms with Crippen molar-refractivity contribution >= 4 is 17.6 Å². The van der Waals surface area contributed by atoms with E-state index in [1.165, 1.54) is 7.11 Å². The summed E-state index contributed by atoms with van der Waals surface area (Å²) in [6, 6.07) is 5.22. The summed E-state index contributed by atoms with van der Waals surface area (Å²) in [5.41, 5.74) is 1.42. The second-order valence-corrected chi connectivity index (χ2v) is 6.37. The van der Waals surface area contributed by atoms with Gasteiger partial charge in [0.25, 0.3) is 0 Å². The van der Waals surface area contributed by atoms with Gasteiger partial charge >= 0.3 is 5.97 Å². The molecule has 0 radical (unpaired) electrons. The molecule has 1 aliphatic rings. The van der Waals surface area contributed by atoms with Gasteiger partial charge in [-0.1, -0.05) is 6.07 Å². The maximum Gasteiger partial charge on any atom is 0.308 e. The summed E-state index contributed by atoms with van der Waals surface area (Å²) in [7, 11) is 6.78. The molecule has 0 amide bonds. The Labute approximate surface area is 148 Å². The van der Waals surface area contributed by atoms with Crippen molar-refractivity contribution in [1.82, 2.24) is 10.2 Å². The first kappa shape index (κ1) is 19.0. The molecule has 7 heteroatoms. The van der Waals surface area contributed by atoms with Crippen LogP contribution < -0.4 is 10.2 Å². The van der Waals surface area contributed by atoms with E-state index in [2.05, 4.69) is 15.2 Å². The average molecular weight is 350 g/mol. The van der Waals surface area contributed by atoms with Crippen LogP contribution in [0.5, 0.6) is 0 Å². The molecule has 0 unspecified atom stereocenters. The quantitative estimate of drug-likeness (QED) is 0.510. The molecule has 1 heterocycles. The minimum atomic E-state index is -0.238. The molecule has 1 N–H and O–H groups in total. The van der Waals surface area contributed by atoms with Crippen molar-refractivity contribution in [3.63, 3.8) is 0 Å². The Bertz CT molecular complexity index is 626. The Kier molecular flexibility index (Phi) is 6.61. The minimum absolute atomic E-state index is 0.0352. The summed E-state index contributed by atoms with van der Waals surface area (Å²) in [5, 5.41) is 3.27. The molecule has 2 rings (SSSR count). The van der Waals surface area contributed by atoms with Gasteiger partial charge < -0.3 is 19.9 Å². The Balaban J connectivity index is 1.91. The van der Waals surface area contributed by atoms with Gasteiger partial charge in [0.2, 0.25) is 0 Å². The van der Waals surface area contributed by atoms with E-state index < -0.39 is 0 Å². The van der Waals surface area contributed by atoms with Gasteiger partial charge in [0.1, 0.15) is 5.82 Å². The molecule has 6 nitrogen and oxygen atoms in total. The number of carbonyl (C=O) groups excluding carboxylic acids is 1. The van der Waals surface area contributed by atoms with Gasteiger partial charge in [0.05, 0.1) is 18.7 Å². The molecule has 138 valence electrons. The summed E-state index contributed by atoms with van der Waals surface area (Å²) in [4.78, 5) is 19.8. The summed E-state index contributed by atoms with van der Waals surface area (Å²) in [6.07, 6.45) is 1.50. The van der Waals surface area contributed by atoms with Crippen molar-refractivity contribution in [1.29, 1.82) is 0 Å². The van der Waals surface area contributed by atoms with Crippen LogP contribution in [0.15, 0.2) is 23.2 Å². The van der Waals surface area contributed by atoms with E-state index in [0.717, 1.165) is 37.5 Å². The van der Waals surface area contributed by atoms with Crippen molar-refractivity contribution in [2.45, 2.75) is 19.4 Å². The SMILES string of the molecule is CN=C(NCc1ccc(N(C)C)c(F)c1)N1CCC(C(=O)OC)CC1. The summed E-state index contributed by atoms with van der Waals surface area (Å²) >= 11 is 0. The first-order valence-electron chi connectivity index (χ1n) is 8.45. The van der Waals surface area contributed by atoms with Crippen LogP contribution in [0.1, 0.15) is 18.4 Å². The van der Waals surface area contributed by atoms with E-state index >= 15 is 0 Å². The van der Waals surface area contributed by atoms with E-state index in [1.54, 1.807) is 24.1 Å². The van der Waals surface area contributed by atoms with E-state index in [4.69, 9.17) is 4.74 Å². The lowest BCUT2D eigenvalue weighted by Gasteiger charge is -2.33. The van der Waals surface area contributed by atoms with Gasteiger partial charge in [0.15, 0.2) is 5.96 Å². The number of carbonyl (C=O) groups is 1. The van der Waals surface area contributed by atoms with Gasteiger partial charge in [-0.05, 0) is 30.5 Å². The van der Waals surface area contributed by atoms with Crippen LogP contribution in [0.4, 0.5) is 10.1 Å². The third-order valence-electron chi connectivity index (χ3n) is 4.49. The average Bonchev–Trinajstić information content (AvgIpc) is 2.61. The highest BCUT2D eigenvalue weighted by Gasteiger charge is 2.26. The third-order valence-corrected chi connectivity index (χ3v) is 4.49. The van der Waals surface area contributed by atoms with Crippen LogP contribution in [-0.4, -0.2) is 58.2 Å². The standard InChI is InChI=1S/C18H27FN4O2/c1-20-18(23-9-7-14(8-10-23)17(24)25-4)21-12-13-5-6-16(22(2)3)15(19)11-13/h5-6,11,14H,7-10,12H2,1-4H3,(H,20,21). The molecule has 0 aromatic heterocycles. The fourth-order valence-corrected chi connectivity index (χ4v) is 3.03. The smallest absolute Gasteiger partial charge is 0.308 e. The maximum absolute atomic E-state index is 14.1. The lowest BCUT2D eigenvalue weighted by molar-refractivity contribution is -0.146. The molecular weight excluding hydrogens is 323 g/mol. The fourth-order valence-electron chi connectivity index (χ4n) is 3.03. The van der Waals surface area contributed by atoms with Crippen molar-refractivity contribution in [2.24, 2.45) is 10.9 Å². The predicted octanol–water partition coefficient (Wildman–Crippen LogP) is 1.85. The number of guanidine groups is 1. The first-order chi connectivity index (χ1) is 12.0. The van der Waals surface area contributed by atoms with Crippen LogP contribution in [-0.2, 0) is 16.1 Å². The number of halogens is 1. The van der Waals surface area contributed by atoms with E-state index in [1.807, 2.05) is 20.2 Å². The molecule has 1 aliphatic heterocycles. The number of nitrogens with zero attached hydrogens (tertiary/aromatic N) is 3. The van der Waals surface area contributed by atoms with Crippen molar-refractivity contribution in [3.8, 4) is 0 Å². The number of esters is 1. The molecule has 0 atom stereocenters. The third kappa shape index (κ3) is 4.84. The number of aliphatic imine (C=N–C) groups is 1. The molecule has 0 bridgehead atoms. The van der Waals surface area contributed by atoms with E-state index in [0.29, 0.717) is 12.2 Å². The number of ether oxygens (including phenoxy) is 1. The number of methoxy groups -OCH3 is 1. The predicted molar refractivity (Wildman–Crippen MR) is 97.2 cm³/mol. The number of likely N-dealkylation sites (tertiary alicyclic amines) is 1. The molecule has 0 aliphatic carbocycles. The van der Waals surface area contributed by atoms with E-state index in [-0.39, 0.29) is 17.7 Å². The Morgan fingerprint density at radius 2 is 2.08 bits per heavy atom. The van der Waals surface area contributed by atoms with Gasteiger partial charge in [-0.2, -0.15) is 0 Å². The molecule has 1 fully saturated rings. The zero-order chi connectivity index (χ0) is 18.4.